The summed E-state index contributed by atoms with van der Waals surface area (Å²) in [5, 5.41) is 19.0. The molecule has 39 heavy (non-hydrogen) atoms. The summed E-state index contributed by atoms with van der Waals surface area (Å²) in [5.74, 6) is -0.00854. The first kappa shape index (κ1) is 26.1. The number of thiazole rings is 1. The molecule has 0 unspecified atom stereocenters. The van der Waals surface area contributed by atoms with Gasteiger partial charge in [-0.1, -0.05) is 4.99 Å². The number of nitrogens with zero attached hydrogens (tertiary/aromatic N) is 7. The van der Waals surface area contributed by atoms with Crippen LogP contribution in [0.5, 0.6) is 0 Å². The van der Waals surface area contributed by atoms with Crippen LogP contribution in [0.2, 0.25) is 0 Å². The van der Waals surface area contributed by atoms with Gasteiger partial charge >= 0.3 is 11.9 Å². The number of hydrogen-bond donors (Lipinski definition) is 2. The molecule has 3 aromatic heterocycles. The highest BCUT2D eigenvalue weighted by Gasteiger charge is 2.34. The van der Waals surface area contributed by atoms with E-state index in [1.54, 1.807) is 0 Å². The molecule has 2 aliphatic rings. The molecule has 2 aliphatic heterocycles. The van der Waals surface area contributed by atoms with E-state index in [1.807, 2.05) is 0 Å². The van der Waals surface area contributed by atoms with Gasteiger partial charge in [-0.25, -0.2) is 19.1 Å². The Hall–Kier alpha value is -4.54. The lowest BCUT2D eigenvalue weighted by molar-refractivity contribution is -0.343. The van der Waals surface area contributed by atoms with Crippen LogP contribution in [0.4, 0.5) is 30.5 Å². The number of hydroxylamine groups is 1. The zero-order chi connectivity index (χ0) is 28.2. The molecule has 0 radical (unpaired) electrons. The van der Waals surface area contributed by atoms with Gasteiger partial charge in [0.25, 0.3) is 11.4 Å². The van der Waals surface area contributed by atoms with Crippen LogP contribution in [0.15, 0.2) is 32.2 Å². The maximum absolute atomic E-state index is 13.2. The number of hydrogen-bond acceptors (Lipinski definition) is 10. The van der Waals surface area contributed by atoms with Gasteiger partial charge in [0.1, 0.15) is 28.9 Å². The van der Waals surface area contributed by atoms with Crippen molar-refractivity contribution in [2.75, 3.05) is 28.7 Å². The van der Waals surface area contributed by atoms with Gasteiger partial charge in [-0.15, -0.1) is 11.3 Å². The van der Waals surface area contributed by atoms with E-state index in [0.29, 0.717) is 4.74 Å². The van der Waals surface area contributed by atoms with Gasteiger partial charge in [-0.3, -0.25) is 19.1 Å². The number of carbonyl (C=O) groups excluding carboxylic acids is 1. The van der Waals surface area contributed by atoms with Crippen LogP contribution in [0.1, 0.15) is 18.2 Å². The van der Waals surface area contributed by atoms with Gasteiger partial charge in [0.15, 0.2) is 0 Å². The highest BCUT2D eigenvalue weighted by atomic mass is 32.1. The van der Waals surface area contributed by atoms with Gasteiger partial charge in [0, 0.05) is 36.8 Å². The summed E-state index contributed by atoms with van der Waals surface area (Å²) in [6, 6.07) is 0.954. The van der Waals surface area contributed by atoms with Crippen LogP contribution < -0.4 is 26.8 Å². The van der Waals surface area contributed by atoms with Crippen LogP contribution in [-0.2, 0) is 24.6 Å². The lowest BCUT2D eigenvalue weighted by Gasteiger charge is -2.20. The number of amidine groups is 2. The van der Waals surface area contributed by atoms with Gasteiger partial charge in [0.05, 0.1) is 18.8 Å². The quantitative estimate of drug-likeness (QED) is 0.339. The standard InChI is InChI=1S/C22H20F3N9O4S/c1-10-13(22(23,24)25)4-12(5-26-10)19-30-14(8-39-19)29-16(35)7-32-9-27-18-17(32)20(36)33(21(37)31(18)3)6-15-28-11(2)34(15)38/h4-5,8,27H,6-7,9H2,1-3H3,(H,29,35). The number of pyridine rings is 1. The Kier molecular flexibility index (Phi) is 6.24. The number of amides is 1. The highest BCUT2D eigenvalue weighted by molar-refractivity contribution is 7.13. The van der Waals surface area contributed by atoms with Crippen molar-refractivity contribution in [2.24, 2.45) is 12.0 Å². The Labute approximate surface area is 221 Å². The van der Waals surface area contributed by atoms with Gasteiger partial charge in [-0.05, 0) is 13.0 Å². The summed E-state index contributed by atoms with van der Waals surface area (Å²) < 4.78 is 42.3. The fourth-order valence-electron chi connectivity index (χ4n) is 4.18. The predicted molar refractivity (Wildman–Crippen MR) is 137 cm³/mol. The largest absolute Gasteiger partial charge is 0.740 e. The number of aryl methyl sites for hydroxylation is 1. The Morgan fingerprint density at radius 1 is 1.31 bits per heavy atom. The molecule has 2 N–H and O–H groups in total. The molecular formula is C22H20F3N9O4S. The monoisotopic (exact) mass is 563 g/mol. The molecule has 0 fully saturated rings. The zero-order valence-electron chi connectivity index (χ0n) is 20.7. The molecule has 0 spiro atoms. The summed E-state index contributed by atoms with van der Waals surface area (Å²) >= 11 is 1.03. The summed E-state index contributed by atoms with van der Waals surface area (Å²) in [6.07, 6.45) is -3.29. The maximum atomic E-state index is 13.2. The molecule has 0 saturated carbocycles. The fraction of sp³-hybridized carbons (Fsp3) is 0.318. The zero-order valence-corrected chi connectivity index (χ0v) is 21.5. The van der Waals surface area contributed by atoms with Crippen molar-refractivity contribution < 1.29 is 22.7 Å². The summed E-state index contributed by atoms with van der Waals surface area (Å²) in [4.78, 5) is 52.1. The third-order valence-electron chi connectivity index (χ3n) is 6.14. The van der Waals surface area contributed by atoms with Crippen molar-refractivity contribution in [1.82, 2.24) is 19.1 Å². The Bertz CT molecular complexity index is 1700. The minimum atomic E-state index is -4.57. The Morgan fingerprint density at radius 3 is 2.72 bits per heavy atom. The molecule has 1 amide bonds. The first-order valence-electron chi connectivity index (χ1n) is 11.4. The molecule has 17 heteroatoms. The molecule has 204 valence electrons. The first-order chi connectivity index (χ1) is 18.3. The number of nitrogens with one attached hydrogen (secondary N) is 2. The molecular weight excluding hydrogens is 543 g/mol. The van der Waals surface area contributed by atoms with E-state index < -0.39 is 28.9 Å². The number of alkyl halides is 3. The molecule has 0 aromatic carbocycles. The number of fused-ring (bicyclic) bond motifs is 1. The van der Waals surface area contributed by atoms with Crippen LogP contribution in [0.25, 0.3) is 10.6 Å². The second-order valence-electron chi connectivity index (χ2n) is 8.77. The smallest absolute Gasteiger partial charge is 0.418 e. The predicted octanol–water partition coefficient (Wildman–Crippen LogP) is 1.56. The van der Waals surface area contributed by atoms with Crippen molar-refractivity contribution in [1.29, 1.82) is 0 Å². The summed E-state index contributed by atoms with van der Waals surface area (Å²) in [6.45, 7) is 2.18. The van der Waals surface area contributed by atoms with Gasteiger partial charge in [0.2, 0.25) is 11.7 Å². The summed E-state index contributed by atoms with van der Waals surface area (Å²) in [7, 11) is 1.45. The van der Waals surface area contributed by atoms with Crippen LogP contribution >= 0.6 is 11.3 Å². The van der Waals surface area contributed by atoms with Gasteiger partial charge in [-0.2, -0.15) is 13.2 Å². The van der Waals surface area contributed by atoms with E-state index >= 15 is 0 Å². The van der Waals surface area contributed by atoms with Crippen molar-refractivity contribution in [3.8, 4) is 10.6 Å². The van der Waals surface area contributed by atoms with Crippen LogP contribution in [0, 0.1) is 12.1 Å². The van der Waals surface area contributed by atoms with E-state index in [4.69, 9.17) is 0 Å². The molecule has 0 bridgehead atoms. The van der Waals surface area contributed by atoms with Gasteiger partial charge < -0.3 is 20.7 Å². The molecule has 5 heterocycles. The number of aliphatic imine (C=N–C) groups is 1. The van der Waals surface area contributed by atoms with Crippen molar-refractivity contribution in [2.45, 2.75) is 26.6 Å². The van der Waals surface area contributed by atoms with Crippen molar-refractivity contribution >= 4 is 46.2 Å². The highest BCUT2D eigenvalue weighted by Crippen LogP contribution is 2.35. The molecule has 0 atom stereocenters. The maximum Gasteiger partial charge on any atom is 0.418 e. The number of rotatable bonds is 6. The van der Waals surface area contributed by atoms with E-state index in [-0.39, 0.29) is 65.0 Å². The van der Waals surface area contributed by atoms with Crippen molar-refractivity contribution in [3.05, 3.63) is 54.9 Å². The number of aromatic nitrogens is 4. The summed E-state index contributed by atoms with van der Waals surface area (Å²) in [5.41, 5.74) is -2.18. The average Bonchev–Trinajstić information content (AvgIpc) is 3.51. The van der Waals surface area contributed by atoms with E-state index in [1.165, 1.54) is 41.9 Å². The fourth-order valence-corrected chi connectivity index (χ4v) is 4.91. The lowest BCUT2D eigenvalue weighted by Crippen LogP contribution is -2.45. The molecule has 0 saturated heterocycles. The van der Waals surface area contributed by atoms with Crippen LogP contribution in [-0.4, -0.2) is 54.6 Å². The number of anilines is 3. The van der Waals surface area contributed by atoms with Crippen molar-refractivity contribution in [3.63, 3.8) is 0 Å². The topological polar surface area (TPSA) is 153 Å². The third-order valence-corrected chi connectivity index (χ3v) is 7.03. The second kappa shape index (κ2) is 9.33. The normalized spacial score (nSPS) is 14.6. The van der Waals surface area contributed by atoms with Crippen LogP contribution in [0.3, 0.4) is 0 Å². The van der Waals surface area contributed by atoms with E-state index in [2.05, 4.69) is 25.6 Å². The minimum absolute atomic E-state index is 0.00682. The molecule has 5 rings (SSSR count). The lowest BCUT2D eigenvalue weighted by atomic mass is 10.1. The molecule has 3 aromatic rings. The van der Waals surface area contributed by atoms with E-state index in [0.717, 1.165) is 22.0 Å². The molecule has 13 nitrogen and oxygen atoms in total. The Balaban J connectivity index is 1.34. The average molecular weight is 564 g/mol. The first-order valence-corrected chi connectivity index (χ1v) is 12.2. The minimum Gasteiger partial charge on any atom is -0.740 e. The van der Waals surface area contributed by atoms with E-state index in [9.17, 15) is 32.8 Å². The SMILES string of the molecule is CC1=NC(Cn2c(=O)c3c(n(C)c2=O)NCN3CC(=O)Nc2csc(-c3cnc(C)c(C(F)(F)F)c3)n2)=[N+]1[O-]. The third kappa shape index (κ3) is 4.64. The second-order valence-corrected chi connectivity index (χ2v) is 9.63. The number of carbonyl (C=O) groups is 1. The Morgan fingerprint density at radius 2 is 2.05 bits per heavy atom. The number of halogens is 3. The molecule has 0 aliphatic carbocycles.